The largest absolute Gasteiger partial charge is 0.394 e. The number of nitrogens with one attached hydrogen (secondary N) is 1. The van der Waals surface area contributed by atoms with Crippen molar-refractivity contribution in [3.63, 3.8) is 0 Å². The summed E-state index contributed by atoms with van der Waals surface area (Å²) in [5, 5.41) is 12.5. The van der Waals surface area contributed by atoms with Gasteiger partial charge in [-0.15, -0.1) is 0 Å². The zero-order valence-corrected chi connectivity index (χ0v) is 11.6. The van der Waals surface area contributed by atoms with Crippen LogP contribution in [0.2, 0.25) is 0 Å². The Kier molecular flexibility index (Phi) is 3.86. The molecule has 20 heavy (non-hydrogen) atoms. The van der Waals surface area contributed by atoms with Crippen molar-refractivity contribution in [2.24, 2.45) is 0 Å². The second-order valence-corrected chi connectivity index (χ2v) is 4.96. The van der Waals surface area contributed by atoms with Crippen LogP contribution in [0.25, 0.3) is 5.65 Å². The van der Waals surface area contributed by atoms with Crippen LogP contribution in [0.3, 0.4) is 0 Å². The van der Waals surface area contributed by atoms with Gasteiger partial charge in [-0.3, -0.25) is 0 Å². The van der Waals surface area contributed by atoms with Gasteiger partial charge < -0.3 is 24.5 Å². The molecule has 3 rings (SSSR count). The number of imidazole rings is 1. The Morgan fingerprint density at radius 2 is 2.40 bits per heavy atom. The summed E-state index contributed by atoms with van der Waals surface area (Å²) in [6.07, 6.45) is 1.90. The highest BCUT2D eigenvalue weighted by Crippen LogP contribution is 2.23. The Morgan fingerprint density at radius 1 is 1.50 bits per heavy atom. The van der Waals surface area contributed by atoms with E-state index in [4.69, 9.17) is 9.72 Å². The molecular weight excluding hydrogens is 256 g/mol. The van der Waals surface area contributed by atoms with Gasteiger partial charge in [-0.05, 0) is 19.2 Å². The molecule has 0 aliphatic carbocycles. The van der Waals surface area contributed by atoms with E-state index in [1.807, 2.05) is 31.4 Å². The average Bonchev–Trinajstić information content (AvgIpc) is 2.87. The van der Waals surface area contributed by atoms with Crippen LogP contribution in [0.5, 0.6) is 0 Å². The number of morpholine rings is 1. The number of hydrogen-bond acceptors (Lipinski definition) is 5. The standard InChI is InChI=1S/C14H20N4O2/c1-15-8-12-14(16-13-4-2-3-5-18(12)13)17-6-7-20-11(9-17)10-19/h2-5,11,15,19H,6-10H2,1H3. The van der Waals surface area contributed by atoms with Crippen molar-refractivity contribution in [3.8, 4) is 0 Å². The molecule has 6 nitrogen and oxygen atoms in total. The third-order valence-electron chi connectivity index (χ3n) is 3.59. The molecule has 0 bridgehead atoms. The number of aromatic nitrogens is 2. The fraction of sp³-hybridized carbons (Fsp3) is 0.500. The maximum atomic E-state index is 9.28. The van der Waals surface area contributed by atoms with Crippen molar-refractivity contribution in [2.45, 2.75) is 12.6 Å². The molecule has 0 spiro atoms. The normalized spacial score (nSPS) is 19.7. The van der Waals surface area contributed by atoms with E-state index in [1.54, 1.807) is 0 Å². The Balaban J connectivity index is 1.99. The lowest BCUT2D eigenvalue weighted by Crippen LogP contribution is -2.44. The van der Waals surface area contributed by atoms with E-state index in [1.165, 1.54) is 0 Å². The number of anilines is 1. The van der Waals surface area contributed by atoms with Gasteiger partial charge in [0.25, 0.3) is 0 Å². The molecular formula is C14H20N4O2. The van der Waals surface area contributed by atoms with Crippen molar-refractivity contribution < 1.29 is 9.84 Å². The summed E-state index contributed by atoms with van der Waals surface area (Å²) in [6.45, 7) is 2.90. The smallest absolute Gasteiger partial charge is 0.152 e. The van der Waals surface area contributed by atoms with Crippen LogP contribution in [0.4, 0.5) is 5.82 Å². The second kappa shape index (κ2) is 5.78. The molecule has 1 saturated heterocycles. The van der Waals surface area contributed by atoms with E-state index in [-0.39, 0.29) is 12.7 Å². The minimum absolute atomic E-state index is 0.0469. The van der Waals surface area contributed by atoms with E-state index >= 15 is 0 Å². The quantitative estimate of drug-likeness (QED) is 0.838. The molecule has 108 valence electrons. The highest BCUT2D eigenvalue weighted by molar-refractivity contribution is 5.56. The predicted molar refractivity (Wildman–Crippen MR) is 77.0 cm³/mol. The van der Waals surface area contributed by atoms with Gasteiger partial charge in [0.2, 0.25) is 0 Å². The molecule has 6 heteroatoms. The van der Waals surface area contributed by atoms with Gasteiger partial charge in [0.15, 0.2) is 5.82 Å². The molecule has 0 saturated carbocycles. The van der Waals surface area contributed by atoms with Crippen LogP contribution >= 0.6 is 0 Å². The Morgan fingerprint density at radius 3 is 3.20 bits per heavy atom. The molecule has 0 radical (unpaired) electrons. The summed E-state index contributed by atoms with van der Waals surface area (Å²) in [4.78, 5) is 6.93. The van der Waals surface area contributed by atoms with Gasteiger partial charge in [0.05, 0.1) is 25.0 Å². The number of nitrogens with zero attached hydrogens (tertiary/aromatic N) is 3. The third kappa shape index (κ3) is 2.37. The van der Waals surface area contributed by atoms with Gasteiger partial charge in [-0.25, -0.2) is 4.98 Å². The van der Waals surface area contributed by atoms with E-state index in [2.05, 4.69) is 14.6 Å². The van der Waals surface area contributed by atoms with Crippen molar-refractivity contribution in [1.29, 1.82) is 0 Å². The summed E-state index contributed by atoms with van der Waals surface area (Å²) in [5.41, 5.74) is 2.08. The van der Waals surface area contributed by atoms with Gasteiger partial charge in [-0.1, -0.05) is 6.07 Å². The SMILES string of the molecule is CNCc1c(N2CCOC(CO)C2)nc2ccccn12. The van der Waals surface area contributed by atoms with Gasteiger partial charge in [0, 0.05) is 25.8 Å². The minimum atomic E-state index is -0.129. The number of rotatable bonds is 4. The lowest BCUT2D eigenvalue weighted by molar-refractivity contribution is 0.00334. The van der Waals surface area contributed by atoms with Crippen LogP contribution < -0.4 is 10.2 Å². The van der Waals surface area contributed by atoms with Crippen LogP contribution in [0.15, 0.2) is 24.4 Å². The number of aliphatic hydroxyl groups is 1. The highest BCUT2D eigenvalue weighted by atomic mass is 16.5. The Hall–Kier alpha value is -1.63. The Bertz CT molecular complexity index is 584. The first-order valence-corrected chi connectivity index (χ1v) is 6.91. The molecule has 2 aromatic rings. The first kappa shape index (κ1) is 13.4. The number of hydrogen-bond donors (Lipinski definition) is 2. The van der Waals surface area contributed by atoms with Crippen molar-refractivity contribution in [1.82, 2.24) is 14.7 Å². The minimum Gasteiger partial charge on any atom is -0.394 e. The fourth-order valence-electron chi connectivity index (χ4n) is 2.64. The maximum absolute atomic E-state index is 9.28. The topological polar surface area (TPSA) is 62.0 Å². The van der Waals surface area contributed by atoms with Crippen molar-refractivity contribution in [2.75, 3.05) is 38.3 Å². The molecule has 2 N–H and O–H groups in total. The van der Waals surface area contributed by atoms with E-state index < -0.39 is 0 Å². The molecule has 3 heterocycles. The average molecular weight is 276 g/mol. The van der Waals surface area contributed by atoms with Crippen molar-refractivity contribution >= 4 is 11.5 Å². The number of aliphatic hydroxyl groups excluding tert-OH is 1. The summed E-state index contributed by atoms with van der Waals surface area (Å²) < 4.78 is 7.62. The van der Waals surface area contributed by atoms with Crippen LogP contribution in [-0.2, 0) is 11.3 Å². The number of pyridine rings is 1. The third-order valence-corrected chi connectivity index (χ3v) is 3.59. The molecule has 0 aromatic carbocycles. The van der Waals surface area contributed by atoms with Crippen LogP contribution in [-0.4, -0.2) is 53.9 Å². The zero-order chi connectivity index (χ0) is 13.9. The first-order chi connectivity index (χ1) is 9.83. The predicted octanol–water partition coefficient (Wildman–Crippen LogP) is 0.251. The highest BCUT2D eigenvalue weighted by Gasteiger charge is 2.24. The van der Waals surface area contributed by atoms with E-state index in [0.29, 0.717) is 13.2 Å². The number of ether oxygens (including phenoxy) is 1. The van der Waals surface area contributed by atoms with Gasteiger partial charge in [-0.2, -0.15) is 0 Å². The first-order valence-electron chi connectivity index (χ1n) is 6.91. The molecule has 1 fully saturated rings. The maximum Gasteiger partial charge on any atom is 0.152 e. The summed E-state index contributed by atoms with van der Waals surface area (Å²) in [7, 11) is 1.93. The second-order valence-electron chi connectivity index (χ2n) is 4.96. The molecule has 1 atom stereocenters. The lowest BCUT2D eigenvalue weighted by atomic mass is 10.2. The molecule has 0 amide bonds. The van der Waals surface area contributed by atoms with Crippen LogP contribution in [0, 0.1) is 0 Å². The van der Waals surface area contributed by atoms with E-state index in [9.17, 15) is 5.11 Å². The summed E-state index contributed by atoms with van der Waals surface area (Å²) in [6, 6.07) is 6.01. The van der Waals surface area contributed by atoms with Crippen molar-refractivity contribution in [3.05, 3.63) is 30.1 Å². The Labute approximate surface area is 118 Å². The summed E-state index contributed by atoms with van der Waals surface area (Å²) >= 11 is 0. The molecule has 1 unspecified atom stereocenters. The fourth-order valence-corrected chi connectivity index (χ4v) is 2.64. The summed E-state index contributed by atoms with van der Waals surface area (Å²) in [5.74, 6) is 0.979. The van der Waals surface area contributed by atoms with E-state index in [0.717, 1.165) is 30.2 Å². The lowest BCUT2D eigenvalue weighted by Gasteiger charge is -2.32. The molecule has 1 aliphatic rings. The number of fused-ring (bicyclic) bond motifs is 1. The molecule has 2 aromatic heterocycles. The molecule has 1 aliphatic heterocycles. The van der Waals surface area contributed by atoms with Crippen LogP contribution in [0.1, 0.15) is 5.69 Å². The zero-order valence-electron chi connectivity index (χ0n) is 11.6. The van der Waals surface area contributed by atoms with Gasteiger partial charge >= 0.3 is 0 Å². The monoisotopic (exact) mass is 276 g/mol. The van der Waals surface area contributed by atoms with Gasteiger partial charge in [0.1, 0.15) is 5.65 Å².